The fourth-order valence-corrected chi connectivity index (χ4v) is 5.32. The average Bonchev–Trinajstić information content (AvgIpc) is 3.07. The number of benzene rings is 3. The zero-order valence-electron chi connectivity index (χ0n) is 25.3. The third-order valence-corrected chi connectivity index (χ3v) is 7.41. The first-order chi connectivity index (χ1) is 21.4. The number of methoxy groups -OCH3 is 1. The molecule has 0 amide bonds. The van der Waals surface area contributed by atoms with E-state index in [0.717, 1.165) is 28.9 Å². The van der Waals surface area contributed by atoms with Crippen molar-refractivity contribution in [2.45, 2.75) is 45.6 Å². The monoisotopic (exact) mass is 617 g/mol. The Morgan fingerprint density at radius 3 is 2.25 bits per heavy atom. The van der Waals surface area contributed by atoms with Gasteiger partial charge in [0.15, 0.2) is 5.78 Å². The first-order valence-corrected chi connectivity index (χ1v) is 14.6. The van der Waals surface area contributed by atoms with Gasteiger partial charge in [-0.3, -0.25) is 4.79 Å². The molecular weight excluding hydrogens is 578 g/mol. The molecule has 1 aliphatic rings. The first kappa shape index (κ1) is 35.6. The number of carbonyl (C=O) groups is 4. The minimum Gasteiger partial charge on any atom is -0.508 e. The number of dihydropyridines is 1. The molecule has 44 heavy (non-hydrogen) atoms. The predicted octanol–water partition coefficient (Wildman–Crippen LogP) is 5.68. The van der Waals surface area contributed by atoms with Gasteiger partial charge in [0.1, 0.15) is 31.7 Å². The summed E-state index contributed by atoms with van der Waals surface area (Å²) in [4.78, 5) is 43.1. The Labute approximate surface area is 264 Å². The van der Waals surface area contributed by atoms with Crippen molar-refractivity contribution >= 4 is 38.0 Å². The molecule has 0 saturated carbocycles. The van der Waals surface area contributed by atoms with Gasteiger partial charge in [-0.2, -0.15) is 12.6 Å². The Kier molecular flexibility index (Phi) is 14.7. The number of ketones is 1. The van der Waals surface area contributed by atoms with Crippen LogP contribution in [-0.2, 0) is 43.4 Å². The molecule has 0 saturated heterocycles. The van der Waals surface area contributed by atoms with Crippen LogP contribution in [0.4, 0.5) is 0 Å². The molecule has 2 N–H and O–H groups in total. The number of carbonyl (C=O) groups excluding carboxylic acids is 4. The van der Waals surface area contributed by atoms with Crippen LogP contribution in [0, 0.1) is 0 Å². The predicted molar refractivity (Wildman–Crippen MR) is 174 cm³/mol. The topological polar surface area (TPSA) is 119 Å². The van der Waals surface area contributed by atoms with E-state index in [9.17, 15) is 14.7 Å². The summed E-state index contributed by atoms with van der Waals surface area (Å²) in [5.74, 6) is -0.660. The van der Waals surface area contributed by atoms with Gasteiger partial charge < -0.3 is 29.5 Å². The molecule has 3 aromatic carbocycles. The second-order valence-electron chi connectivity index (χ2n) is 9.73. The summed E-state index contributed by atoms with van der Waals surface area (Å²) >= 11 is 4.31. The summed E-state index contributed by atoms with van der Waals surface area (Å²) in [7, 11) is 1.63. The van der Waals surface area contributed by atoms with Gasteiger partial charge in [-0.15, -0.1) is 0 Å². The Hall–Kier alpha value is -4.63. The van der Waals surface area contributed by atoms with Gasteiger partial charge in [0.25, 0.3) is 0 Å². The quantitative estimate of drug-likeness (QED) is 0.186. The van der Waals surface area contributed by atoms with Crippen LogP contribution in [0.25, 0.3) is 0 Å². The highest BCUT2D eigenvalue weighted by Gasteiger charge is 2.37. The maximum atomic E-state index is 13.7. The third-order valence-electron chi connectivity index (χ3n) is 7.12. The molecule has 0 spiro atoms. The number of phenolic OH excluding ortho intramolecular Hbond substituents is 1. The average molecular weight is 618 g/mol. The lowest BCUT2D eigenvalue weighted by Crippen LogP contribution is -2.33. The number of rotatable bonds is 11. The van der Waals surface area contributed by atoms with Crippen molar-refractivity contribution in [2.75, 3.05) is 12.9 Å². The highest BCUT2D eigenvalue weighted by molar-refractivity contribution is 7.81. The van der Waals surface area contributed by atoms with Crippen molar-refractivity contribution in [3.05, 3.63) is 118 Å². The van der Waals surface area contributed by atoms with Crippen molar-refractivity contribution in [1.82, 2.24) is 5.32 Å². The number of thiol groups is 1. The second kappa shape index (κ2) is 18.1. The van der Waals surface area contributed by atoms with Crippen LogP contribution in [0.5, 0.6) is 11.5 Å². The molecular formula is C35H39NO7S. The Morgan fingerprint density at radius 2 is 1.59 bits per heavy atom. The Balaban J connectivity index is 0.00000162. The van der Waals surface area contributed by atoms with E-state index in [0.29, 0.717) is 40.9 Å². The van der Waals surface area contributed by atoms with Crippen LogP contribution < -0.4 is 10.1 Å². The minimum absolute atomic E-state index is 0.0321. The van der Waals surface area contributed by atoms with Gasteiger partial charge in [0, 0.05) is 22.9 Å². The van der Waals surface area contributed by atoms with Gasteiger partial charge in [0.2, 0.25) is 0 Å². The van der Waals surface area contributed by atoms with E-state index in [4.69, 9.17) is 19.1 Å². The van der Waals surface area contributed by atoms with Crippen LogP contribution in [0.3, 0.4) is 0 Å². The van der Waals surface area contributed by atoms with E-state index in [-0.39, 0.29) is 23.9 Å². The molecule has 0 unspecified atom stereocenters. The molecule has 0 bridgehead atoms. The Bertz CT molecular complexity index is 1500. The van der Waals surface area contributed by atoms with Crippen molar-refractivity contribution in [3.63, 3.8) is 0 Å². The van der Waals surface area contributed by atoms with E-state index in [1.54, 1.807) is 25.3 Å². The van der Waals surface area contributed by atoms with Gasteiger partial charge in [-0.25, -0.2) is 4.79 Å². The zero-order chi connectivity index (χ0) is 32.6. The second-order valence-corrected chi connectivity index (χ2v) is 10.0. The highest BCUT2D eigenvalue weighted by Crippen LogP contribution is 2.41. The minimum atomic E-state index is -0.727. The number of allylic oxidation sites excluding steroid dienone is 3. The normalized spacial score (nSPS) is 13.9. The summed E-state index contributed by atoms with van der Waals surface area (Å²) in [6, 6.07) is 22.4. The van der Waals surface area contributed by atoms with Crippen LogP contribution in [0.15, 0.2) is 95.3 Å². The number of esters is 1. The molecule has 4 rings (SSSR count). The van der Waals surface area contributed by atoms with E-state index in [1.807, 2.05) is 75.1 Å². The SMILES string of the molecule is C=O.C=O.CCc1cccc(COC(=O)C2=C(C)NC(CCc3ccccc3OC)=C(C(=O)CS)[C@@H]2c2cccc(O)c2)c1. The van der Waals surface area contributed by atoms with E-state index in [1.165, 1.54) is 0 Å². The van der Waals surface area contributed by atoms with Crippen molar-refractivity contribution in [1.29, 1.82) is 0 Å². The number of Topliss-reactive ketones (excluding diaryl/α,β-unsaturated/α-hetero) is 1. The number of hydrogen-bond acceptors (Lipinski definition) is 9. The smallest absolute Gasteiger partial charge is 0.337 e. The highest BCUT2D eigenvalue weighted by atomic mass is 32.1. The number of aryl methyl sites for hydroxylation is 2. The summed E-state index contributed by atoms with van der Waals surface area (Å²) in [6.45, 7) is 8.00. The first-order valence-electron chi connectivity index (χ1n) is 13.9. The van der Waals surface area contributed by atoms with Crippen molar-refractivity contribution in [3.8, 4) is 11.5 Å². The van der Waals surface area contributed by atoms with Crippen LogP contribution in [0.2, 0.25) is 0 Å². The number of hydrogen-bond donors (Lipinski definition) is 3. The molecule has 9 heteroatoms. The van der Waals surface area contributed by atoms with Gasteiger partial charge in [0.05, 0.1) is 18.4 Å². The Morgan fingerprint density at radius 1 is 0.909 bits per heavy atom. The van der Waals surface area contributed by atoms with E-state index in [2.05, 4.69) is 24.9 Å². The van der Waals surface area contributed by atoms with Crippen molar-refractivity contribution < 1.29 is 33.8 Å². The molecule has 0 aromatic heterocycles. The number of para-hydroxylation sites is 1. The summed E-state index contributed by atoms with van der Waals surface area (Å²) in [5, 5.41) is 13.7. The van der Waals surface area contributed by atoms with Crippen LogP contribution >= 0.6 is 12.6 Å². The zero-order valence-corrected chi connectivity index (χ0v) is 26.2. The summed E-state index contributed by atoms with van der Waals surface area (Å²) < 4.78 is 11.3. The lowest BCUT2D eigenvalue weighted by molar-refractivity contribution is -0.140. The van der Waals surface area contributed by atoms with E-state index < -0.39 is 11.9 Å². The molecule has 1 aliphatic heterocycles. The lowest BCUT2D eigenvalue weighted by atomic mass is 9.78. The molecule has 1 atom stereocenters. The number of nitrogens with one attached hydrogen (secondary N) is 1. The number of aromatic hydroxyl groups is 1. The van der Waals surface area contributed by atoms with Crippen LogP contribution in [0.1, 0.15) is 48.4 Å². The maximum absolute atomic E-state index is 13.7. The van der Waals surface area contributed by atoms with Gasteiger partial charge in [-0.05, 0) is 66.6 Å². The number of ether oxygens (including phenoxy) is 2. The molecule has 0 aliphatic carbocycles. The molecule has 0 radical (unpaired) electrons. The molecule has 1 heterocycles. The van der Waals surface area contributed by atoms with Crippen molar-refractivity contribution in [2.24, 2.45) is 0 Å². The van der Waals surface area contributed by atoms with Gasteiger partial charge in [-0.1, -0.05) is 61.5 Å². The molecule has 3 aromatic rings. The largest absolute Gasteiger partial charge is 0.508 e. The standard InChI is InChI=1S/C33H35NO5S.2CH2O/c1-4-22-9-7-10-23(17-22)19-39-33(37)30-21(2)34-27(16-15-24-11-5-6-14-29(24)38-3)32(28(36)20-40)31(30)25-12-8-13-26(35)18-25;2*1-2/h5-14,17-18,31,34-35,40H,4,15-16,19-20H2,1-3H3;2*1H2/t31-;;/m1../s1. The summed E-state index contributed by atoms with van der Waals surface area (Å²) in [5.41, 5.74) is 5.78. The summed E-state index contributed by atoms with van der Waals surface area (Å²) in [6.07, 6.45) is 2.00. The third kappa shape index (κ3) is 8.94. The molecule has 8 nitrogen and oxygen atoms in total. The lowest BCUT2D eigenvalue weighted by Gasteiger charge is -2.32. The number of phenols is 1. The van der Waals surface area contributed by atoms with E-state index >= 15 is 0 Å². The van der Waals surface area contributed by atoms with Crippen LogP contribution in [-0.4, -0.2) is 43.3 Å². The fourth-order valence-electron chi connectivity index (χ4n) is 5.15. The molecule has 0 fully saturated rings. The van der Waals surface area contributed by atoms with Gasteiger partial charge >= 0.3 is 5.97 Å². The molecule has 232 valence electrons. The maximum Gasteiger partial charge on any atom is 0.337 e. The fraction of sp³-hybridized carbons (Fsp3) is 0.257.